The minimum Gasteiger partial charge on any atom is -0.508 e. The first-order valence-corrected chi connectivity index (χ1v) is 12.9. The number of phenols is 2. The standard InChI is InChI=1S/C27H30O15/c28-7-15-19(32)22(35)24(37)26(40-15)18-14(41-27-25(38)23(36)20(33)16(8-29)42-27)6-13-17(21(18)34)11(31)5-12(39-13)9-1-3-10(30)4-2-9/h1-6,15-16,19-20,22-30,32-38H,7-8H2/t15-,16-,19-,20-,22+,23+,24-,25-,26+,27+/m1/s1. The molecule has 10 atom stereocenters. The third kappa shape index (κ3) is 5.20. The highest BCUT2D eigenvalue weighted by molar-refractivity contribution is 5.88. The monoisotopic (exact) mass is 594 g/mol. The van der Waals surface area contributed by atoms with Gasteiger partial charge in [0.1, 0.15) is 88.9 Å². The average Bonchev–Trinajstić information content (AvgIpc) is 2.97. The van der Waals surface area contributed by atoms with Crippen LogP contribution >= 0.6 is 0 Å². The van der Waals surface area contributed by atoms with Crippen molar-refractivity contribution in [2.75, 3.05) is 13.2 Å². The summed E-state index contributed by atoms with van der Waals surface area (Å²) in [6, 6.07) is 7.78. The second-order valence-electron chi connectivity index (χ2n) is 10.1. The summed E-state index contributed by atoms with van der Waals surface area (Å²) in [6.45, 7) is -1.59. The van der Waals surface area contributed by atoms with Crippen molar-refractivity contribution >= 4 is 11.0 Å². The normalized spacial score (nSPS) is 33.5. The van der Waals surface area contributed by atoms with Crippen molar-refractivity contribution < 1.29 is 69.7 Å². The minimum absolute atomic E-state index is 0.0197. The van der Waals surface area contributed by atoms with Gasteiger partial charge in [-0.15, -0.1) is 0 Å². The molecule has 2 aliphatic heterocycles. The third-order valence-electron chi connectivity index (χ3n) is 7.41. The SMILES string of the molecule is O=c1cc(-c2ccc(O)cc2)oc2cc(O[C@H]3O[C@H](CO)[C@@H](O)[C@H](O)[C@H]3O)c([C@@H]3O[C@H](CO)[C@@H](O)[C@H](O)[C@H]3O)c(O)c12. The van der Waals surface area contributed by atoms with E-state index in [2.05, 4.69) is 0 Å². The lowest BCUT2D eigenvalue weighted by molar-refractivity contribution is -0.278. The Kier molecular flexibility index (Phi) is 8.41. The van der Waals surface area contributed by atoms with E-state index < -0.39 is 102 Å². The minimum atomic E-state index is -1.94. The van der Waals surface area contributed by atoms with Gasteiger partial charge in [0.05, 0.1) is 18.8 Å². The molecule has 2 aliphatic rings. The summed E-state index contributed by atoms with van der Waals surface area (Å²) < 4.78 is 22.6. The van der Waals surface area contributed by atoms with Gasteiger partial charge in [0.2, 0.25) is 6.29 Å². The second kappa shape index (κ2) is 11.7. The molecular weight excluding hydrogens is 564 g/mol. The van der Waals surface area contributed by atoms with E-state index in [4.69, 9.17) is 18.6 Å². The van der Waals surface area contributed by atoms with Gasteiger partial charge in [0, 0.05) is 17.7 Å². The quantitative estimate of drug-likeness (QED) is 0.142. The van der Waals surface area contributed by atoms with E-state index in [0.717, 1.165) is 12.1 Å². The van der Waals surface area contributed by atoms with E-state index in [0.29, 0.717) is 5.56 Å². The summed E-state index contributed by atoms with van der Waals surface area (Å²) in [5, 5.41) is 102. The van der Waals surface area contributed by atoms with Crippen LogP contribution in [0.25, 0.3) is 22.3 Å². The molecule has 0 aliphatic carbocycles. The fourth-order valence-electron chi connectivity index (χ4n) is 5.07. The zero-order valence-electron chi connectivity index (χ0n) is 21.7. The Hall–Kier alpha value is -3.35. The highest BCUT2D eigenvalue weighted by atomic mass is 16.7. The van der Waals surface area contributed by atoms with Crippen molar-refractivity contribution in [2.24, 2.45) is 0 Å². The van der Waals surface area contributed by atoms with Crippen LogP contribution in [0.3, 0.4) is 0 Å². The molecule has 2 fully saturated rings. The lowest BCUT2D eigenvalue weighted by atomic mass is 9.89. The van der Waals surface area contributed by atoms with Crippen LogP contribution in [0.4, 0.5) is 0 Å². The number of rotatable bonds is 6. The number of hydrogen-bond donors (Lipinski definition) is 10. The van der Waals surface area contributed by atoms with Crippen LogP contribution in [0.1, 0.15) is 11.7 Å². The van der Waals surface area contributed by atoms with Crippen molar-refractivity contribution in [1.29, 1.82) is 0 Å². The number of aliphatic hydroxyl groups is 8. The van der Waals surface area contributed by atoms with Crippen molar-refractivity contribution in [1.82, 2.24) is 0 Å². The first kappa shape index (κ1) is 30.1. The molecule has 0 bridgehead atoms. The van der Waals surface area contributed by atoms with Crippen LogP contribution in [-0.2, 0) is 9.47 Å². The number of aromatic hydroxyl groups is 2. The van der Waals surface area contributed by atoms with Gasteiger partial charge in [0.25, 0.3) is 0 Å². The smallest absolute Gasteiger partial charge is 0.229 e. The van der Waals surface area contributed by atoms with Crippen molar-refractivity contribution in [3.63, 3.8) is 0 Å². The maximum absolute atomic E-state index is 13.2. The third-order valence-corrected chi connectivity index (χ3v) is 7.41. The van der Waals surface area contributed by atoms with Gasteiger partial charge in [-0.1, -0.05) is 0 Å². The molecule has 3 aromatic rings. The van der Waals surface area contributed by atoms with E-state index in [9.17, 15) is 55.9 Å². The fraction of sp³-hybridized carbons (Fsp3) is 0.444. The predicted octanol–water partition coefficient (Wildman–Crippen LogP) is -2.44. The van der Waals surface area contributed by atoms with Crippen LogP contribution < -0.4 is 10.2 Å². The zero-order valence-corrected chi connectivity index (χ0v) is 21.7. The van der Waals surface area contributed by atoms with Gasteiger partial charge >= 0.3 is 0 Å². The number of benzene rings is 2. The Bertz CT molecular complexity index is 1470. The molecule has 42 heavy (non-hydrogen) atoms. The maximum Gasteiger partial charge on any atom is 0.229 e. The maximum atomic E-state index is 13.2. The predicted molar refractivity (Wildman–Crippen MR) is 138 cm³/mol. The molecule has 2 saturated heterocycles. The van der Waals surface area contributed by atoms with E-state index >= 15 is 0 Å². The highest BCUT2D eigenvalue weighted by Gasteiger charge is 2.48. The van der Waals surface area contributed by atoms with Gasteiger partial charge in [0.15, 0.2) is 5.43 Å². The summed E-state index contributed by atoms with van der Waals surface area (Å²) in [4.78, 5) is 13.2. The van der Waals surface area contributed by atoms with Gasteiger partial charge in [-0.3, -0.25) is 4.79 Å². The molecule has 5 rings (SSSR count). The average molecular weight is 595 g/mol. The van der Waals surface area contributed by atoms with E-state index in [-0.39, 0.29) is 17.1 Å². The van der Waals surface area contributed by atoms with Gasteiger partial charge in [-0.05, 0) is 24.3 Å². The molecule has 0 spiro atoms. The molecule has 0 unspecified atom stereocenters. The summed E-state index contributed by atoms with van der Waals surface area (Å²) in [7, 11) is 0. The van der Waals surface area contributed by atoms with E-state index in [1.807, 2.05) is 0 Å². The van der Waals surface area contributed by atoms with Crippen LogP contribution in [-0.4, -0.2) is 119 Å². The summed E-state index contributed by atoms with van der Waals surface area (Å²) in [5.74, 6) is -1.33. The first-order valence-electron chi connectivity index (χ1n) is 12.9. The molecule has 0 amide bonds. The van der Waals surface area contributed by atoms with Crippen molar-refractivity contribution in [3.8, 4) is 28.6 Å². The topological polar surface area (TPSA) is 260 Å². The summed E-state index contributed by atoms with van der Waals surface area (Å²) >= 11 is 0. The Morgan fingerprint density at radius 2 is 1.33 bits per heavy atom. The molecule has 1 aromatic heterocycles. The van der Waals surface area contributed by atoms with Gasteiger partial charge < -0.3 is 69.7 Å². The van der Waals surface area contributed by atoms with Gasteiger partial charge in [-0.2, -0.15) is 0 Å². The fourth-order valence-corrected chi connectivity index (χ4v) is 5.07. The molecule has 15 nitrogen and oxygen atoms in total. The highest BCUT2D eigenvalue weighted by Crippen LogP contribution is 2.46. The molecule has 0 saturated carbocycles. The van der Waals surface area contributed by atoms with Crippen LogP contribution in [0, 0.1) is 0 Å². The molecule has 0 radical (unpaired) electrons. The summed E-state index contributed by atoms with van der Waals surface area (Å²) in [6.07, 6.45) is -17.4. The van der Waals surface area contributed by atoms with Crippen molar-refractivity contribution in [2.45, 2.75) is 61.2 Å². The zero-order chi connectivity index (χ0) is 30.5. The largest absolute Gasteiger partial charge is 0.508 e. The first-order chi connectivity index (χ1) is 20.0. The summed E-state index contributed by atoms with van der Waals surface area (Å²) in [5.41, 5.74) is -1.13. The second-order valence-corrected chi connectivity index (χ2v) is 10.1. The van der Waals surface area contributed by atoms with Gasteiger partial charge in [-0.25, -0.2) is 0 Å². The number of ether oxygens (including phenoxy) is 3. The Morgan fingerprint density at radius 1 is 0.738 bits per heavy atom. The van der Waals surface area contributed by atoms with Crippen LogP contribution in [0.15, 0.2) is 45.6 Å². The lowest BCUT2D eigenvalue weighted by Crippen LogP contribution is -2.60. The molecule has 10 N–H and O–H groups in total. The molecule has 2 aromatic carbocycles. The van der Waals surface area contributed by atoms with E-state index in [1.54, 1.807) is 0 Å². The van der Waals surface area contributed by atoms with Crippen LogP contribution in [0.5, 0.6) is 17.2 Å². The molecule has 3 heterocycles. The Balaban J connectivity index is 1.68. The Morgan fingerprint density at radius 3 is 1.95 bits per heavy atom. The Labute approximate surface area is 236 Å². The lowest BCUT2D eigenvalue weighted by Gasteiger charge is -2.42. The number of hydrogen-bond acceptors (Lipinski definition) is 15. The van der Waals surface area contributed by atoms with Crippen molar-refractivity contribution in [3.05, 3.63) is 52.2 Å². The van der Waals surface area contributed by atoms with Crippen LogP contribution in [0.2, 0.25) is 0 Å². The molecule has 15 heteroatoms. The number of phenolic OH excluding ortho intramolecular Hbond substituents is 2. The molecule has 228 valence electrons. The number of aliphatic hydroxyl groups excluding tert-OH is 8. The number of fused-ring (bicyclic) bond motifs is 1. The van der Waals surface area contributed by atoms with E-state index in [1.165, 1.54) is 24.3 Å². The molecular formula is C27H30O15.